The number of imide groups is 1. The molecule has 0 aliphatic carbocycles. The predicted octanol–water partition coefficient (Wildman–Crippen LogP) is 1.34. The van der Waals surface area contributed by atoms with Crippen molar-refractivity contribution in [2.75, 3.05) is 5.32 Å². The molecule has 1 saturated heterocycles. The van der Waals surface area contributed by atoms with E-state index in [1.807, 2.05) is 0 Å². The Morgan fingerprint density at radius 3 is 2.73 bits per heavy atom. The summed E-state index contributed by atoms with van der Waals surface area (Å²) in [6.07, 6.45) is 2.88. The number of nitrogens with zero attached hydrogens (tertiary/aromatic N) is 4. The summed E-state index contributed by atoms with van der Waals surface area (Å²) >= 11 is 0.925. The van der Waals surface area contributed by atoms with Crippen LogP contribution in [0.25, 0.3) is 6.08 Å². The Labute approximate surface area is 149 Å². The van der Waals surface area contributed by atoms with Gasteiger partial charge in [-0.1, -0.05) is 16.4 Å². The van der Waals surface area contributed by atoms with Gasteiger partial charge < -0.3 is 4.42 Å². The number of amides is 3. The standard InChI is InChI=1S/C14H11N5O6S/c20-9(3-1-8-2-6-13(26-8)19(23)24)15-14-17-16-10(25-14)7-18-11(21)4-5-12(18)22/h1-3,6H,4-5,7H2,(H,15,17,20)/b3-1+. The summed E-state index contributed by atoms with van der Waals surface area (Å²) in [4.78, 5) is 46.5. The highest BCUT2D eigenvalue weighted by atomic mass is 32.1. The zero-order valence-corrected chi connectivity index (χ0v) is 13.9. The molecule has 1 fully saturated rings. The van der Waals surface area contributed by atoms with Crippen LogP contribution < -0.4 is 5.32 Å². The molecule has 1 N–H and O–H groups in total. The van der Waals surface area contributed by atoms with Crippen molar-refractivity contribution in [2.45, 2.75) is 19.4 Å². The number of hydrogen-bond acceptors (Lipinski definition) is 9. The molecule has 0 unspecified atom stereocenters. The fourth-order valence-electron chi connectivity index (χ4n) is 2.14. The summed E-state index contributed by atoms with van der Waals surface area (Å²) in [6, 6.07) is 2.67. The second-order valence-electron chi connectivity index (χ2n) is 5.13. The zero-order chi connectivity index (χ0) is 18.7. The molecular weight excluding hydrogens is 366 g/mol. The average Bonchev–Trinajstić information content (AvgIpc) is 3.30. The molecule has 12 heteroatoms. The summed E-state index contributed by atoms with van der Waals surface area (Å²) < 4.78 is 5.18. The molecule has 0 spiro atoms. The number of rotatable bonds is 6. The number of nitro groups is 1. The smallest absolute Gasteiger partial charge is 0.324 e. The number of hydrogen-bond donors (Lipinski definition) is 1. The minimum absolute atomic E-state index is 0.0155. The second kappa shape index (κ2) is 7.23. The average molecular weight is 377 g/mol. The van der Waals surface area contributed by atoms with Crippen LogP contribution in [0.3, 0.4) is 0 Å². The largest absolute Gasteiger partial charge is 0.406 e. The Morgan fingerprint density at radius 2 is 2.08 bits per heavy atom. The van der Waals surface area contributed by atoms with Crippen molar-refractivity contribution in [1.82, 2.24) is 15.1 Å². The lowest BCUT2D eigenvalue weighted by Crippen LogP contribution is -2.28. The summed E-state index contributed by atoms with van der Waals surface area (Å²) in [5.74, 6) is -1.19. The Bertz CT molecular complexity index is 901. The molecule has 1 aliphatic rings. The Morgan fingerprint density at radius 1 is 1.35 bits per heavy atom. The van der Waals surface area contributed by atoms with E-state index >= 15 is 0 Å². The van der Waals surface area contributed by atoms with Crippen LogP contribution >= 0.6 is 11.3 Å². The summed E-state index contributed by atoms with van der Waals surface area (Å²) in [5.41, 5.74) is 0. The first-order valence-electron chi connectivity index (χ1n) is 7.31. The molecule has 134 valence electrons. The number of nitrogens with one attached hydrogen (secondary N) is 1. The van der Waals surface area contributed by atoms with E-state index in [2.05, 4.69) is 15.5 Å². The first-order chi connectivity index (χ1) is 12.4. The molecule has 3 heterocycles. The topological polar surface area (TPSA) is 149 Å². The van der Waals surface area contributed by atoms with Crippen LogP contribution in [0.2, 0.25) is 0 Å². The van der Waals surface area contributed by atoms with Gasteiger partial charge >= 0.3 is 11.0 Å². The molecule has 0 saturated carbocycles. The van der Waals surface area contributed by atoms with Crippen LogP contribution in [0.1, 0.15) is 23.6 Å². The third-order valence-corrected chi connectivity index (χ3v) is 4.34. The first-order valence-corrected chi connectivity index (χ1v) is 8.13. The first kappa shape index (κ1) is 17.4. The van der Waals surface area contributed by atoms with Crippen LogP contribution in [0.15, 0.2) is 22.6 Å². The lowest BCUT2D eigenvalue weighted by Gasteiger charge is -2.09. The van der Waals surface area contributed by atoms with Gasteiger partial charge in [0.15, 0.2) is 0 Å². The molecule has 2 aromatic rings. The number of likely N-dealkylation sites (tertiary alicyclic amines) is 1. The number of carbonyl (C=O) groups excluding carboxylic acids is 3. The van der Waals surface area contributed by atoms with Gasteiger partial charge in [-0.05, 0) is 12.1 Å². The van der Waals surface area contributed by atoms with Crippen molar-refractivity contribution in [3.8, 4) is 0 Å². The van der Waals surface area contributed by atoms with Crippen LogP contribution in [0.4, 0.5) is 11.0 Å². The zero-order valence-electron chi connectivity index (χ0n) is 13.1. The molecule has 3 rings (SSSR count). The van der Waals surface area contributed by atoms with Crippen molar-refractivity contribution < 1.29 is 23.7 Å². The SMILES string of the molecule is O=C(/C=C/c1ccc([N+](=O)[O-])s1)Nc1nnc(CN2C(=O)CCC2=O)o1. The van der Waals surface area contributed by atoms with Gasteiger partial charge in [0.2, 0.25) is 17.7 Å². The highest BCUT2D eigenvalue weighted by Crippen LogP contribution is 2.24. The van der Waals surface area contributed by atoms with E-state index in [1.54, 1.807) is 0 Å². The third-order valence-electron chi connectivity index (χ3n) is 3.34. The highest BCUT2D eigenvalue weighted by molar-refractivity contribution is 7.16. The predicted molar refractivity (Wildman–Crippen MR) is 87.7 cm³/mol. The van der Waals surface area contributed by atoms with Crippen LogP contribution in [-0.2, 0) is 20.9 Å². The van der Waals surface area contributed by atoms with Gasteiger partial charge in [-0.3, -0.25) is 34.7 Å². The van der Waals surface area contributed by atoms with E-state index in [4.69, 9.17) is 4.42 Å². The minimum Gasteiger partial charge on any atom is -0.406 e. The van der Waals surface area contributed by atoms with E-state index < -0.39 is 10.8 Å². The van der Waals surface area contributed by atoms with Gasteiger partial charge in [0, 0.05) is 29.9 Å². The number of aromatic nitrogens is 2. The molecule has 0 aromatic carbocycles. The van der Waals surface area contributed by atoms with Crippen molar-refractivity contribution in [1.29, 1.82) is 0 Å². The molecule has 0 radical (unpaired) electrons. The van der Waals surface area contributed by atoms with Gasteiger partial charge in [0.25, 0.3) is 5.91 Å². The Kier molecular flexibility index (Phi) is 4.84. The molecule has 1 aliphatic heterocycles. The Hall–Kier alpha value is -3.41. The highest BCUT2D eigenvalue weighted by Gasteiger charge is 2.30. The van der Waals surface area contributed by atoms with Gasteiger partial charge in [-0.15, -0.1) is 5.10 Å². The summed E-state index contributed by atoms with van der Waals surface area (Å²) in [7, 11) is 0. The Balaban J connectivity index is 1.57. The molecule has 26 heavy (non-hydrogen) atoms. The van der Waals surface area contributed by atoms with Crippen LogP contribution in [0, 0.1) is 10.1 Å². The van der Waals surface area contributed by atoms with E-state index in [9.17, 15) is 24.5 Å². The quantitative estimate of drug-likeness (QED) is 0.343. The van der Waals surface area contributed by atoms with Crippen molar-refractivity contribution >= 4 is 46.2 Å². The van der Waals surface area contributed by atoms with Crippen LogP contribution in [-0.4, -0.2) is 37.7 Å². The molecular formula is C14H11N5O6S. The van der Waals surface area contributed by atoms with Crippen molar-refractivity contribution in [3.05, 3.63) is 39.1 Å². The third kappa shape index (κ3) is 3.97. The maximum absolute atomic E-state index is 11.8. The number of carbonyl (C=O) groups is 3. The number of anilines is 1. The molecule has 11 nitrogen and oxygen atoms in total. The van der Waals surface area contributed by atoms with E-state index in [1.165, 1.54) is 18.2 Å². The molecule has 3 amide bonds. The minimum atomic E-state index is -0.579. The summed E-state index contributed by atoms with van der Waals surface area (Å²) in [5, 5.41) is 20.2. The lowest BCUT2D eigenvalue weighted by molar-refractivity contribution is -0.380. The van der Waals surface area contributed by atoms with E-state index in [0.29, 0.717) is 4.88 Å². The van der Waals surface area contributed by atoms with Gasteiger partial charge in [0.05, 0.1) is 4.92 Å². The van der Waals surface area contributed by atoms with Gasteiger partial charge in [-0.2, -0.15) is 0 Å². The molecule has 2 aromatic heterocycles. The fraction of sp³-hybridized carbons (Fsp3) is 0.214. The van der Waals surface area contributed by atoms with Crippen molar-refractivity contribution in [3.63, 3.8) is 0 Å². The normalized spacial score (nSPS) is 14.4. The maximum atomic E-state index is 11.8. The van der Waals surface area contributed by atoms with Crippen molar-refractivity contribution in [2.24, 2.45) is 0 Å². The van der Waals surface area contributed by atoms with Crippen LogP contribution in [0.5, 0.6) is 0 Å². The lowest BCUT2D eigenvalue weighted by atomic mass is 10.4. The maximum Gasteiger partial charge on any atom is 0.324 e. The summed E-state index contributed by atoms with van der Waals surface area (Å²) in [6.45, 7) is -0.144. The second-order valence-corrected chi connectivity index (χ2v) is 6.22. The monoisotopic (exact) mass is 377 g/mol. The molecule has 0 bridgehead atoms. The van der Waals surface area contributed by atoms with E-state index in [0.717, 1.165) is 22.3 Å². The fourth-order valence-corrected chi connectivity index (χ4v) is 2.86. The van der Waals surface area contributed by atoms with Gasteiger partial charge in [0.1, 0.15) is 6.54 Å². The van der Waals surface area contributed by atoms with Gasteiger partial charge in [-0.25, -0.2) is 0 Å². The molecule has 0 atom stereocenters. The van der Waals surface area contributed by atoms with E-state index in [-0.39, 0.29) is 48.1 Å². The number of thiophene rings is 1.